The van der Waals surface area contributed by atoms with Gasteiger partial charge in [-0.1, -0.05) is 11.6 Å². The molecule has 6 nitrogen and oxygen atoms in total. The Hall–Kier alpha value is -2.25. The molecule has 0 saturated heterocycles. The van der Waals surface area contributed by atoms with Crippen LogP contribution in [0, 0.1) is 0 Å². The first kappa shape index (κ1) is 18.1. The number of amides is 2. The zero-order chi connectivity index (χ0) is 17.4. The molecule has 0 aliphatic carbocycles. The van der Waals surface area contributed by atoms with Crippen LogP contribution >= 0.6 is 23.4 Å². The first-order chi connectivity index (χ1) is 11.6. The van der Waals surface area contributed by atoms with E-state index in [0.29, 0.717) is 22.3 Å². The van der Waals surface area contributed by atoms with E-state index in [1.807, 2.05) is 0 Å². The van der Waals surface area contributed by atoms with Gasteiger partial charge >= 0.3 is 0 Å². The van der Waals surface area contributed by atoms with E-state index in [1.54, 1.807) is 36.4 Å². The van der Waals surface area contributed by atoms with E-state index in [4.69, 9.17) is 16.3 Å². The second kappa shape index (κ2) is 9.14. The third kappa shape index (κ3) is 6.10. The maximum Gasteiger partial charge on any atom is 0.234 e. The lowest BCUT2D eigenvalue weighted by molar-refractivity contribution is -0.114. The molecule has 2 amide bonds. The topological polar surface area (TPSA) is 80.3 Å². The highest BCUT2D eigenvalue weighted by Crippen LogP contribution is 2.14. The zero-order valence-electron chi connectivity index (χ0n) is 12.9. The fourth-order valence-electron chi connectivity index (χ4n) is 1.74. The minimum Gasteiger partial charge on any atom is -0.481 e. The molecule has 0 aliphatic rings. The molecule has 0 atom stereocenters. The Labute approximate surface area is 148 Å². The van der Waals surface area contributed by atoms with E-state index in [2.05, 4.69) is 15.6 Å². The SMILES string of the molecule is COc1ccc(NC(=O)CSCC(=O)Nc2ccc(Cl)cc2)cn1. The van der Waals surface area contributed by atoms with Crippen LogP contribution < -0.4 is 15.4 Å². The first-order valence-electron chi connectivity index (χ1n) is 7.00. The molecule has 1 aromatic heterocycles. The molecule has 1 heterocycles. The molecule has 2 aromatic rings. The van der Waals surface area contributed by atoms with Gasteiger partial charge in [0, 0.05) is 16.8 Å². The molecule has 0 aliphatic heterocycles. The normalized spacial score (nSPS) is 10.1. The number of ether oxygens (including phenoxy) is 1. The van der Waals surface area contributed by atoms with Crippen molar-refractivity contribution in [1.82, 2.24) is 4.98 Å². The van der Waals surface area contributed by atoms with E-state index in [1.165, 1.54) is 25.1 Å². The van der Waals surface area contributed by atoms with Gasteiger partial charge in [0.1, 0.15) is 0 Å². The van der Waals surface area contributed by atoms with E-state index in [0.717, 1.165) is 0 Å². The van der Waals surface area contributed by atoms with Gasteiger partial charge in [0.15, 0.2) is 0 Å². The third-order valence-corrected chi connectivity index (χ3v) is 4.01. The highest BCUT2D eigenvalue weighted by atomic mass is 35.5. The number of carbonyl (C=O) groups is 2. The molecule has 2 rings (SSSR count). The van der Waals surface area contributed by atoms with Crippen LogP contribution in [0.15, 0.2) is 42.6 Å². The quantitative estimate of drug-likeness (QED) is 0.788. The van der Waals surface area contributed by atoms with Crippen LogP contribution in [0.2, 0.25) is 5.02 Å². The van der Waals surface area contributed by atoms with E-state index in [9.17, 15) is 9.59 Å². The van der Waals surface area contributed by atoms with Gasteiger partial charge in [-0.3, -0.25) is 9.59 Å². The lowest BCUT2D eigenvalue weighted by Crippen LogP contribution is -2.18. The number of benzene rings is 1. The van der Waals surface area contributed by atoms with Gasteiger partial charge in [-0.15, -0.1) is 11.8 Å². The first-order valence-corrected chi connectivity index (χ1v) is 8.53. The fourth-order valence-corrected chi connectivity index (χ4v) is 2.48. The van der Waals surface area contributed by atoms with Crippen LogP contribution in [-0.2, 0) is 9.59 Å². The lowest BCUT2D eigenvalue weighted by Gasteiger charge is -2.06. The summed E-state index contributed by atoms with van der Waals surface area (Å²) in [6.07, 6.45) is 1.51. The Kier molecular flexibility index (Phi) is 6.89. The zero-order valence-corrected chi connectivity index (χ0v) is 14.5. The van der Waals surface area contributed by atoms with Crippen molar-refractivity contribution in [2.24, 2.45) is 0 Å². The number of halogens is 1. The van der Waals surface area contributed by atoms with Crippen LogP contribution in [0.1, 0.15) is 0 Å². The van der Waals surface area contributed by atoms with Crippen molar-refractivity contribution in [3.63, 3.8) is 0 Å². The molecule has 0 unspecified atom stereocenters. The molecule has 1 aromatic carbocycles. The molecule has 0 bridgehead atoms. The molecule has 24 heavy (non-hydrogen) atoms. The van der Waals surface area contributed by atoms with Gasteiger partial charge in [0.05, 0.1) is 30.5 Å². The maximum atomic E-state index is 11.8. The number of thioether (sulfide) groups is 1. The van der Waals surface area contributed by atoms with Crippen molar-refractivity contribution in [3.8, 4) is 5.88 Å². The van der Waals surface area contributed by atoms with Crippen molar-refractivity contribution < 1.29 is 14.3 Å². The highest BCUT2D eigenvalue weighted by Gasteiger charge is 2.07. The molecule has 0 fully saturated rings. The average Bonchev–Trinajstić information content (AvgIpc) is 2.57. The number of nitrogens with zero attached hydrogens (tertiary/aromatic N) is 1. The number of carbonyl (C=O) groups excluding carboxylic acids is 2. The number of rotatable bonds is 7. The molecular weight excluding hydrogens is 350 g/mol. The van der Waals surface area contributed by atoms with Gasteiger partial charge in [0.25, 0.3) is 0 Å². The van der Waals surface area contributed by atoms with Crippen LogP contribution in [0.4, 0.5) is 11.4 Å². The Bertz CT molecular complexity index is 693. The number of pyridine rings is 1. The summed E-state index contributed by atoms with van der Waals surface area (Å²) >= 11 is 7.00. The predicted octanol–water partition coefficient (Wildman–Crippen LogP) is 3.05. The maximum absolute atomic E-state index is 11.8. The molecular formula is C16H16ClN3O3S. The Morgan fingerprint density at radius 1 is 1.04 bits per heavy atom. The number of methoxy groups -OCH3 is 1. The second-order valence-electron chi connectivity index (χ2n) is 4.69. The molecule has 126 valence electrons. The molecule has 8 heteroatoms. The van der Waals surface area contributed by atoms with Crippen molar-refractivity contribution in [2.45, 2.75) is 0 Å². The summed E-state index contributed by atoms with van der Waals surface area (Å²) < 4.78 is 4.94. The second-order valence-corrected chi connectivity index (χ2v) is 6.11. The predicted molar refractivity (Wildman–Crippen MR) is 96.8 cm³/mol. The Morgan fingerprint density at radius 2 is 1.62 bits per heavy atom. The number of nitrogens with one attached hydrogen (secondary N) is 2. The van der Waals surface area contributed by atoms with E-state index in [-0.39, 0.29) is 23.3 Å². The number of anilines is 2. The summed E-state index contributed by atoms with van der Waals surface area (Å²) in [5, 5.41) is 6.03. The molecule has 0 spiro atoms. The van der Waals surface area contributed by atoms with Crippen molar-refractivity contribution in [1.29, 1.82) is 0 Å². The van der Waals surface area contributed by atoms with E-state index >= 15 is 0 Å². The van der Waals surface area contributed by atoms with Crippen LogP contribution in [0.3, 0.4) is 0 Å². The minimum absolute atomic E-state index is 0.167. The summed E-state index contributed by atoms with van der Waals surface area (Å²) in [7, 11) is 1.52. The largest absolute Gasteiger partial charge is 0.481 e. The lowest BCUT2D eigenvalue weighted by atomic mass is 10.3. The van der Waals surface area contributed by atoms with Gasteiger partial charge in [-0.05, 0) is 30.3 Å². The molecule has 0 saturated carbocycles. The van der Waals surface area contributed by atoms with Gasteiger partial charge < -0.3 is 15.4 Å². The van der Waals surface area contributed by atoms with E-state index < -0.39 is 0 Å². The standard InChI is InChI=1S/C16H16ClN3O3S/c1-23-16-7-6-13(8-18-16)20-15(22)10-24-9-14(21)19-12-4-2-11(17)3-5-12/h2-8H,9-10H2,1H3,(H,19,21)(H,20,22). The fraction of sp³-hybridized carbons (Fsp3) is 0.188. The van der Waals surface area contributed by atoms with Gasteiger partial charge in [0.2, 0.25) is 17.7 Å². The summed E-state index contributed by atoms with van der Waals surface area (Å²) in [6.45, 7) is 0. The summed E-state index contributed by atoms with van der Waals surface area (Å²) in [4.78, 5) is 27.6. The van der Waals surface area contributed by atoms with Crippen molar-refractivity contribution >= 4 is 46.6 Å². The van der Waals surface area contributed by atoms with Crippen LogP contribution in [0.25, 0.3) is 0 Å². The van der Waals surface area contributed by atoms with Gasteiger partial charge in [-0.2, -0.15) is 0 Å². The Morgan fingerprint density at radius 3 is 2.17 bits per heavy atom. The summed E-state index contributed by atoms with van der Waals surface area (Å²) in [5.74, 6) is 0.436. The number of hydrogen-bond donors (Lipinski definition) is 2. The van der Waals surface area contributed by atoms with Crippen LogP contribution in [0.5, 0.6) is 5.88 Å². The molecule has 2 N–H and O–H groups in total. The van der Waals surface area contributed by atoms with Crippen molar-refractivity contribution in [2.75, 3.05) is 29.2 Å². The molecule has 0 radical (unpaired) electrons. The van der Waals surface area contributed by atoms with Crippen LogP contribution in [-0.4, -0.2) is 35.4 Å². The summed E-state index contributed by atoms with van der Waals surface area (Å²) in [6, 6.07) is 10.2. The monoisotopic (exact) mass is 365 g/mol. The minimum atomic E-state index is -0.203. The average molecular weight is 366 g/mol. The highest BCUT2D eigenvalue weighted by molar-refractivity contribution is 8.00. The van der Waals surface area contributed by atoms with Crippen molar-refractivity contribution in [3.05, 3.63) is 47.6 Å². The third-order valence-electron chi connectivity index (χ3n) is 2.82. The number of hydrogen-bond acceptors (Lipinski definition) is 5. The summed E-state index contributed by atoms with van der Waals surface area (Å²) in [5.41, 5.74) is 1.24. The number of aromatic nitrogens is 1. The van der Waals surface area contributed by atoms with Gasteiger partial charge in [-0.25, -0.2) is 4.98 Å². The Balaban J connectivity index is 1.69. The smallest absolute Gasteiger partial charge is 0.234 e.